The predicted molar refractivity (Wildman–Crippen MR) is 120 cm³/mol. The maximum atomic E-state index is 13.0. The van der Waals surface area contributed by atoms with Gasteiger partial charge in [-0.05, 0) is 31.2 Å². The lowest BCUT2D eigenvalue weighted by Crippen LogP contribution is -2.53. The predicted octanol–water partition coefficient (Wildman–Crippen LogP) is 3.63. The second kappa shape index (κ2) is 11.1. The minimum absolute atomic E-state index is 0.250. The van der Waals surface area contributed by atoms with Crippen LogP contribution in [0, 0.1) is 11.8 Å². The Balaban J connectivity index is 1.31. The molecule has 2 saturated carbocycles. The molecule has 1 aromatic rings. The molecular weight excluding hydrogens is 374 g/mol. The van der Waals surface area contributed by atoms with Gasteiger partial charge in [0.1, 0.15) is 0 Å². The number of hydrogen-bond donors (Lipinski definition) is 1. The topological polar surface area (TPSA) is 61.4 Å². The van der Waals surface area contributed by atoms with E-state index in [2.05, 4.69) is 25.1 Å². The van der Waals surface area contributed by atoms with Crippen molar-refractivity contribution in [2.75, 3.05) is 37.6 Å². The van der Waals surface area contributed by atoms with Crippen molar-refractivity contribution in [2.45, 2.75) is 76.7 Å². The highest BCUT2D eigenvalue weighted by Gasteiger charge is 2.28. The van der Waals surface area contributed by atoms with Crippen LogP contribution in [0.2, 0.25) is 0 Å². The van der Waals surface area contributed by atoms with Crippen LogP contribution in [0.15, 0.2) is 18.5 Å². The fraction of sp³-hybridized carbons (Fsp3) is 0.792. The number of carbonyl (C=O) groups excluding carboxylic acids is 1. The van der Waals surface area contributed by atoms with Gasteiger partial charge in [-0.1, -0.05) is 51.4 Å². The van der Waals surface area contributed by atoms with Gasteiger partial charge in [0.25, 0.3) is 0 Å². The van der Waals surface area contributed by atoms with Crippen molar-refractivity contribution in [1.82, 2.24) is 20.2 Å². The zero-order valence-electron chi connectivity index (χ0n) is 18.5. The molecule has 1 N–H and O–H groups in total. The van der Waals surface area contributed by atoms with E-state index in [4.69, 9.17) is 0 Å². The minimum atomic E-state index is 0.250. The standard InChI is InChI=1S/C24H39N5O/c30-23(21-10-5-2-6-11-21)27-22(18-20-8-3-1-4-9-20)19-28-14-16-29(17-15-28)24-25-12-7-13-26-24/h7,12-13,20-22H,1-6,8-11,14-19H2,(H,27,30)/t22-/m1/s1. The Morgan fingerprint density at radius 3 is 2.23 bits per heavy atom. The molecule has 6 heteroatoms. The number of nitrogens with zero attached hydrogens (tertiary/aromatic N) is 4. The summed E-state index contributed by atoms with van der Waals surface area (Å²) in [5.74, 6) is 2.20. The molecule has 0 bridgehead atoms. The molecule has 166 valence electrons. The van der Waals surface area contributed by atoms with E-state index in [1.54, 1.807) is 0 Å². The Hall–Kier alpha value is -1.69. The maximum absolute atomic E-state index is 13.0. The van der Waals surface area contributed by atoms with Gasteiger partial charge in [0.05, 0.1) is 0 Å². The highest BCUT2D eigenvalue weighted by atomic mass is 16.1. The third kappa shape index (κ3) is 6.16. The van der Waals surface area contributed by atoms with Crippen molar-refractivity contribution < 1.29 is 4.79 Å². The molecule has 1 saturated heterocycles. The van der Waals surface area contributed by atoms with Gasteiger partial charge in [0.2, 0.25) is 11.9 Å². The minimum Gasteiger partial charge on any atom is -0.352 e. The summed E-state index contributed by atoms with van der Waals surface area (Å²) in [6.45, 7) is 4.92. The lowest BCUT2D eigenvalue weighted by atomic mass is 9.84. The molecule has 0 aromatic carbocycles. The average molecular weight is 414 g/mol. The quantitative estimate of drug-likeness (QED) is 0.740. The molecule has 1 amide bonds. The number of nitrogens with one attached hydrogen (secondary N) is 1. The van der Waals surface area contributed by atoms with E-state index in [9.17, 15) is 4.79 Å². The van der Waals surface area contributed by atoms with Crippen LogP contribution in [0.1, 0.15) is 70.6 Å². The van der Waals surface area contributed by atoms with Crippen LogP contribution in [0.3, 0.4) is 0 Å². The first-order valence-electron chi connectivity index (χ1n) is 12.3. The van der Waals surface area contributed by atoms with Crippen LogP contribution in [0.4, 0.5) is 5.95 Å². The summed E-state index contributed by atoms with van der Waals surface area (Å²) in [6.07, 6.45) is 17.5. The molecule has 1 aromatic heterocycles. The molecule has 1 aliphatic heterocycles. The molecule has 3 aliphatic rings. The first-order valence-corrected chi connectivity index (χ1v) is 12.3. The number of carbonyl (C=O) groups is 1. The van der Waals surface area contributed by atoms with Crippen LogP contribution in [-0.4, -0.2) is 59.5 Å². The van der Waals surface area contributed by atoms with Crippen LogP contribution in [0.25, 0.3) is 0 Å². The number of hydrogen-bond acceptors (Lipinski definition) is 5. The van der Waals surface area contributed by atoms with E-state index < -0.39 is 0 Å². The Labute approximate surface area is 181 Å². The van der Waals surface area contributed by atoms with Gasteiger partial charge in [0.15, 0.2) is 0 Å². The molecule has 0 unspecified atom stereocenters. The van der Waals surface area contributed by atoms with Crippen molar-refractivity contribution in [3.8, 4) is 0 Å². The third-order valence-electron chi connectivity index (χ3n) is 7.35. The van der Waals surface area contributed by atoms with E-state index in [1.165, 1.54) is 51.4 Å². The molecule has 1 atom stereocenters. The molecule has 3 fully saturated rings. The van der Waals surface area contributed by atoms with Gasteiger partial charge in [-0.25, -0.2) is 9.97 Å². The zero-order valence-corrected chi connectivity index (χ0v) is 18.5. The Morgan fingerprint density at radius 2 is 1.57 bits per heavy atom. The molecule has 0 radical (unpaired) electrons. The Kier molecular flexibility index (Phi) is 7.95. The number of piperazine rings is 1. The van der Waals surface area contributed by atoms with Gasteiger partial charge in [-0.3, -0.25) is 9.69 Å². The number of rotatable bonds is 7. The molecule has 2 aliphatic carbocycles. The number of anilines is 1. The van der Waals surface area contributed by atoms with E-state index >= 15 is 0 Å². The summed E-state index contributed by atoms with van der Waals surface area (Å²) in [4.78, 5) is 26.6. The van der Waals surface area contributed by atoms with Crippen molar-refractivity contribution >= 4 is 11.9 Å². The first kappa shape index (κ1) is 21.5. The average Bonchev–Trinajstić information content (AvgIpc) is 2.81. The fourth-order valence-corrected chi connectivity index (χ4v) is 5.58. The van der Waals surface area contributed by atoms with Crippen molar-refractivity contribution in [1.29, 1.82) is 0 Å². The van der Waals surface area contributed by atoms with Crippen LogP contribution < -0.4 is 10.2 Å². The summed E-state index contributed by atoms with van der Waals surface area (Å²) < 4.78 is 0. The van der Waals surface area contributed by atoms with E-state index in [1.807, 2.05) is 18.5 Å². The van der Waals surface area contributed by atoms with Crippen molar-refractivity contribution in [3.05, 3.63) is 18.5 Å². The summed E-state index contributed by atoms with van der Waals surface area (Å²) in [5.41, 5.74) is 0. The molecular formula is C24H39N5O. The van der Waals surface area contributed by atoms with Crippen LogP contribution in [-0.2, 0) is 4.79 Å². The first-order chi connectivity index (χ1) is 14.8. The SMILES string of the molecule is O=C(N[C@H](CC1CCCCC1)CN1CCN(c2ncccn2)CC1)C1CCCCC1. The van der Waals surface area contributed by atoms with Crippen molar-refractivity contribution in [2.24, 2.45) is 11.8 Å². The van der Waals surface area contributed by atoms with Crippen molar-refractivity contribution in [3.63, 3.8) is 0 Å². The van der Waals surface area contributed by atoms with E-state index in [-0.39, 0.29) is 5.92 Å². The largest absolute Gasteiger partial charge is 0.352 e. The lowest BCUT2D eigenvalue weighted by Gasteiger charge is -2.38. The van der Waals surface area contributed by atoms with Crippen LogP contribution >= 0.6 is 0 Å². The normalized spacial score (nSPS) is 23.3. The molecule has 30 heavy (non-hydrogen) atoms. The van der Waals surface area contributed by atoms with Gasteiger partial charge < -0.3 is 10.2 Å². The van der Waals surface area contributed by atoms with E-state index in [0.717, 1.165) is 63.9 Å². The summed E-state index contributed by atoms with van der Waals surface area (Å²) >= 11 is 0. The molecule has 0 spiro atoms. The zero-order chi connectivity index (χ0) is 20.6. The number of aromatic nitrogens is 2. The fourth-order valence-electron chi connectivity index (χ4n) is 5.58. The molecule has 6 nitrogen and oxygen atoms in total. The van der Waals surface area contributed by atoms with Gasteiger partial charge in [-0.15, -0.1) is 0 Å². The Morgan fingerprint density at radius 1 is 0.933 bits per heavy atom. The second-order valence-electron chi connectivity index (χ2n) is 9.62. The highest BCUT2D eigenvalue weighted by molar-refractivity contribution is 5.79. The highest BCUT2D eigenvalue weighted by Crippen LogP contribution is 2.29. The van der Waals surface area contributed by atoms with Gasteiger partial charge in [0, 0.05) is 57.1 Å². The molecule has 2 heterocycles. The Bertz CT molecular complexity index is 634. The maximum Gasteiger partial charge on any atom is 0.225 e. The smallest absolute Gasteiger partial charge is 0.225 e. The van der Waals surface area contributed by atoms with E-state index in [0.29, 0.717) is 11.9 Å². The summed E-state index contributed by atoms with van der Waals surface area (Å²) in [5, 5.41) is 3.51. The second-order valence-corrected chi connectivity index (χ2v) is 9.62. The summed E-state index contributed by atoms with van der Waals surface area (Å²) in [6, 6.07) is 2.16. The summed E-state index contributed by atoms with van der Waals surface area (Å²) in [7, 11) is 0. The van der Waals surface area contributed by atoms with Gasteiger partial charge in [-0.2, -0.15) is 0 Å². The van der Waals surface area contributed by atoms with Crippen LogP contribution in [0.5, 0.6) is 0 Å². The molecule has 4 rings (SSSR count). The number of amides is 1. The lowest BCUT2D eigenvalue weighted by molar-refractivity contribution is -0.127. The monoisotopic (exact) mass is 413 g/mol. The third-order valence-corrected chi connectivity index (χ3v) is 7.35. The van der Waals surface area contributed by atoms with Gasteiger partial charge >= 0.3 is 0 Å².